The number of aromatic nitrogens is 3. The topological polar surface area (TPSA) is 43.1 Å². The first kappa shape index (κ1) is 18.5. The van der Waals surface area contributed by atoms with Crippen LogP contribution in [-0.4, -0.2) is 25.2 Å². The van der Waals surface area contributed by atoms with Crippen molar-refractivity contribution in [3.63, 3.8) is 0 Å². The summed E-state index contributed by atoms with van der Waals surface area (Å²) < 4.78 is 1.89. The van der Waals surface area contributed by atoms with Crippen LogP contribution in [-0.2, 0) is 0 Å². The Morgan fingerprint density at radius 1 is 0.793 bits per heavy atom. The van der Waals surface area contributed by atoms with E-state index >= 15 is 0 Å². The third kappa shape index (κ3) is 3.83. The van der Waals surface area contributed by atoms with Gasteiger partial charge in [0.2, 0.25) is 5.16 Å². The van der Waals surface area contributed by atoms with Gasteiger partial charge in [0.1, 0.15) is 4.58 Å². The van der Waals surface area contributed by atoms with Crippen molar-refractivity contribution in [3.05, 3.63) is 95.5 Å². The molecule has 0 amide bonds. The van der Waals surface area contributed by atoms with Crippen LogP contribution in [0.3, 0.4) is 0 Å². The van der Waals surface area contributed by atoms with E-state index in [9.17, 15) is 0 Å². The standard InChI is InChI=1S/C22H15ClN4S2/c23-17-13-11-15(12-14-17)19-21(28-18-9-5-2-6-10-18)29-22-25-24-20(27(22)26-19)16-7-3-1-4-8-16/h1-14,21H. The number of thioether (sulfide) groups is 2. The molecule has 0 N–H and O–H groups in total. The molecule has 0 aliphatic carbocycles. The quantitative estimate of drug-likeness (QED) is 0.390. The second-order valence-corrected chi connectivity index (χ2v) is 9.34. The predicted octanol–water partition coefficient (Wildman–Crippen LogP) is 6.08. The monoisotopic (exact) mass is 434 g/mol. The minimum absolute atomic E-state index is 0.0545. The van der Waals surface area contributed by atoms with Crippen molar-refractivity contribution >= 4 is 40.8 Å². The number of rotatable bonds is 4. The molecule has 4 nitrogen and oxygen atoms in total. The van der Waals surface area contributed by atoms with E-state index in [2.05, 4.69) is 22.3 Å². The van der Waals surface area contributed by atoms with Crippen LogP contribution >= 0.6 is 35.1 Å². The zero-order chi connectivity index (χ0) is 19.6. The Balaban J connectivity index is 1.60. The molecule has 7 heteroatoms. The van der Waals surface area contributed by atoms with Crippen LogP contribution in [0.4, 0.5) is 0 Å². The maximum Gasteiger partial charge on any atom is 0.213 e. The van der Waals surface area contributed by atoms with Crippen LogP contribution in [0.15, 0.2) is 100 Å². The molecule has 1 unspecified atom stereocenters. The summed E-state index contributed by atoms with van der Waals surface area (Å²) >= 11 is 9.53. The van der Waals surface area contributed by atoms with Gasteiger partial charge in [0, 0.05) is 15.5 Å². The van der Waals surface area contributed by atoms with Crippen LogP contribution in [0.25, 0.3) is 11.4 Å². The average molecular weight is 435 g/mol. The van der Waals surface area contributed by atoms with E-state index in [4.69, 9.17) is 16.7 Å². The van der Waals surface area contributed by atoms with Crippen LogP contribution in [0.1, 0.15) is 5.56 Å². The normalized spacial score (nSPS) is 15.6. The number of benzene rings is 3. The lowest BCUT2D eigenvalue weighted by molar-refractivity contribution is 0.760. The number of nitrogens with zero attached hydrogens (tertiary/aromatic N) is 4. The lowest BCUT2D eigenvalue weighted by Crippen LogP contribution is -2.22. The van der Waals surface area contributed by atoms with Crippen LogP contribution in [0, 0.1) is 0 Å². The molecule has 1 aliphatic heterocycles. The van der Waals surface area contributed by atoms with Gasteiger partial charge in [-0.05, 0) is 29.8 Å². The van der Waals surface area contributed by atoms with Crippen molar-refractivity contribution in [3.8, 4) is 11.4 Å². The fourth-order valence-electron chi connectivity index (χ4n) is 3.02. The predicted molar refractivity (Wildman–Crippen MR) is 121 cm³/mol. The van der Waals surface area contributed by atoms with Gasteiger partial charge in [-0.25, -0.2) is 0 Å². The van der Waals surface area contributed by atoms with Gasteiger partial charge in [0.05, 0.1) is 5.71 Å². The molecule has 5 rings (SSSR count). The molecule has 2 heterocycles. The summed E-state index contributed by atoms with van der Waals surface area (Å²) in [5, 5.41) is 15.3. The first-order valence-electron chi connectivity index (χ1n) is 9.02. The van der Waals surface area contributed by atoms with Crippen molar-refractivity contribution in [2.24, 2.45) is 5.10 Å². The lowest BCUT2D eigenvalue weighted by atomic mass is 10.1. The highest BCUT2D eigenvalue weighted by Gasteiger charge is 2.30. The average Bonchev–Trinajstić information content (AvgIpc) is 3.18. The fraction of sp³-hybridized carbons (Fsp3) is 0.0455. The Labute approximate surface area is 182 Å². The number of fused-ring (bicyclic) bond motifs is 1. The maximum atomic E-state index is 6.11. The lowest BCUT2D eigenvalue weighted by Gasteiger charge is -2.23. The van der Waals surface area contributed by atoms with Gasteiger partial charge in [-0.2, -0.15) is 9.78 Å². The molecule has 4 aromatic rings. The second kappa shape index (κ2) is 8.06. The summed E-state index contributed by atoms with van der Waals surface area (Å²) in [4.78, 5) is 1.18. The minimum Gasteiger partial charge on any atom is -0.186 e. The Hall–Kier alpha value is -2.54. The van der Waals surface area contributed by atoms with Gasteiger partial charge in [-0.15, -0.1) is 22.0 Å². The largest absolute Gasteiger partial charge is 0.213 e. The van der Waals surface area contributed by atoms with E-state index in [1.54, 1.807) is 23.5 Å². The first-order chi connectivity index (χ1) is 14.3. The van der Waals surface area contributed by atoms with Gasteiger partial charge in [0.15, 0.2) is 5.82 Å². The Morgan fingerprint density at radius 2 is 1.48 bits per heavy atom. The van der Waals surface area contributed by atoms with E-state index in [0.717, 1.165) is 27.8 Å². The molecule has 0 saturated heterocycles. The number of halogens is 1. The summed E-state index contributed by atoms with van der Waals surface area (Å²) in [5.74, 6) is 0.739. The van der Waals surface area contributed by atoms with Crippen LogP contribution in [0.5, 0.6) is 0 Å². The molecule has 0 fully saturated rings. The van der Waals surface area contributed by atoms with E-state index in [1.807, 2.05) is 77.5 Å². The Morgan fingerprint density at radius 3 is 2.21 bits per heavy atom. The summed E-state index contributed by atoms with van der Waals surface area (Å²) in [6.07, 6.45) is 0. The molecule has 0 spiro atoms. The molecule has 0 radical (unpaired) electrons. The fourth-order valence-corrected chi connectivity index (χ4v) is 5.59. The number of hydrogen-bond acceptors (Lipinski definition) is 5. The van der Waals surface area contributed by atoms with Crippen LogP contribution < -0.4 is 0 Å². The zero-order valence-electron chi connectivity index (χ0n) is 15.1. The Bertz CT molecular complexity index is 1160. The van der Waals surface area contributed by atoms with Crippen molar-refractivity contribution in [2.75, 3.05) is 0 Å². The smallest absolute Gasteiger partial charge is 0.186 e. The van der Waals surface area contributed by atoms with Gasteiger partial charge in [-0.1, -0.05) is 84.0 Å². The Kier molecular flexibility index (Phi) is 5.14. The van der Waals surface area contributed by atoms with Gasteiger partial charge < -0.3 is 0 Å². The van der Waals surface area contributed by atoms with Gasteiger partial charge >= 0.3 is 0 Å². The molecular formula is C22H15ClN4S2. The SMILES string of the molecule is Clc1ccc(C2=Nn3c(nnc3-c3ccccc3)SC2Sc2ccccc2)cc1. The molecule has 1 aromatic heterocycles. The molecule has 3 aromatic carbocycles. The van der Waals surface area contributed by atoms with Gasteiger partial charge in [0.25, 0.3) is 0 Å². The highest BCUT2D eigenvalue weighted by molar-refractivity contribution is 8.18. The minimum atomic E-state index is 0.0545. The molecule has 1 atom stereocenters. The van der Waals surface area contributed by atoms with E-state index < -0.39 is 0 Å². The summed E-state index contributed by atoms with van der Waals surface area (Å²) in [6, 6.07) is 28.2. The first-order valence-corrected chi connectivity index (χ1v) is 11.2. The molecular weight excluding hydrogens is 420 g/mol. The van der Waals surface area contributed by atoms with Crippen molar-refractivity contribution < 1.29 is 0 Å². The van der Waals surface area contributed by atoms with E-state index in [-0.39, 0.29) is 4.58 Å². The van der Waals surface area contributed by atoms with Gasteiger partial charge in [-0.3, -0.25) is 0 Å². The van der Waals surface area contributed by atoms with Crippen LogP contribution in [0.2, 0.25) is 5.02 Å². The summed E-state index contributed by atoms with van der Waals surface area (Å²) in [6.45, 7) is 0. The maximum absolute atomic E-state index is 6.11. The number of hydrogen-bond donors (Lipinski definition) is 0. The second-order valence-electron chi connectivity index (χ2n) is 6.36. The molecule has 0 bridgehead atoms. The highest BCUT2D eigenvalue weighted by Crippen LogP contribution is 2.41. The van der Waals surface area contributed by atoms with Crippen molar-refractivity contribution in [1.82, 2.24) is 14.9 Å². The zero-order valence-corrected chi connectivity index (χ0v) is 17.5. The molecule has 1 aliphatic rings. The molecule has 29 heavy (non-hydrogen) atoms. The molecule has 0 saturated carbocycles. The third-order valence-electron chi connectivity index (χ3n) is 4.41. The van der Waals surface area contributed by atoms with E-state index in [1.165, 1.54) is 4.90 Å². The molecule has 142 valence electrons. The van der Waals surface area contributed by atoms with Crippen molar-refractivity contribution in [2.45, 2.75) is 14.6 Å². The highest BCUT2D eigenvalue weighted by atomic mass is 35.5. The third-order valence-corrected chi connectivity index (χ3v) is 7.13. The van der Waals surface area contributed by atoms with Crippen molar-refractivity contribution in [1.29, 1.82) is 0 Å². The summed E-state index contributed by atoms with van der Waals surface area (Å²) in [5.41, 5.74) is 2.99. The summed E-state index contributed by atoms with van der Waals surface area (Å²) in [7, 11) is 0. The van der Waals surface area contributed by atoms with E-state index in [0.29, 0.717) is 5.02 Å².